The molecule has 1 atom stereocenters. The Morgan fingerprint density at radius 2 is 1.94 bits per heavy atom. The highest BCUT2D eigenvalue weighted by atomic mass is 15.3. The summed E-state index contributed by atoms with van der Waals surface area (Å²) in [5.41, 5.74) is 10.9. The van der Waals surface area contributed by atoms with E-state index in [2.05, 4.69) is 66.2 Å². The minimum atomic E-state index is 0.0670. The van der Waals surface area contributed by atoms with Gasteiger partial charge in [0.05, 0.1) is 5.69 Å². The van der Waals surface area contributed by atoms with E-state index in [1.807, 2.05) is 18.3 Å². The molecule has 0 radical (unpaired) electrons. The summed E-state index contributed by atoms with van der Waals surface area (Å²) in [6, 6.07) is 15.4. The Labute approximate surface area is 181 Å². The zero-order valence-corrected chi connectivity index (χ0v) is 17.5. The number of nitrogens with one attached hydrogen (secondary N) is 3. The number of aromatic amines is 2. The van der Waals surface area contributed by atoms with Gasteiger partial charge in [0.25, 0.3) is 0 Å². The molecular weight excluding hydrogens is 388 g/mol. The van der Waals surface area contributed by atoms with Gasteiger partial charge in [-0.1, -0.05) is 35.5 Å². The molecule has 1 aliphatic carbocycles. The largest absolute Gasteiger partial charge is 0.384 e. The van der Waals surface area contributed by atoms with Crippen molar-refractivity contribution in [2.75, 3.05) is 12.3 Å². The van der Waals surface area contributed by atoms with E-state index in [9.17, 15) is 0 Å². The van der Waals surface area contributed by atoms with Crippen LogP contribution in [-0.4, -0.2) is 43.2 Å². The van der Waals surface area contributed by atoms with Gasteiger partial charge in [-0.25, -0.2) is 10.1 Å². The van der Waals surface area contributed by atoms with Crippen LogP contribution in [0, 0.1) is 0 Å². The summed E-state index contributed by atoms with van der Waals surface area (Å²) in [5.74, 6) is 1.22. The topological polar surface area (TPSA) is 121 Å². The molecule has 1 aliphatic rings. The van der Waals surface area contributed by atoms with Gasteiger partial charge in [-0.3, -0.25) is 5.10 Å². The maximum Gasteiger partial charge on any atom is 0.178 e. The van der Waals surface area contributed by atoms with Gasteiger partial charge in [0.2, 0.25) is 0 Å². The summed E-state index contributed by atoms with van der Waals surface area (Å²) < 4.78 is 0. The molecule has 3 aromatic heterocycles. The number of hydrogen-bond acceptors (Lipinski definition) is 6. The van der Waals surface area contributed by atoms with Crippen molar-refractivity contribution >= 4 is 17.0 Å². The summed E-state index contributed by atoms with van der Waals surface area (Å²) in [4.78, 5) is 4.30. The fourth-order valence-corrected chi connectivity index (χ4v) is 4.87. The molecule has 8 nitrogen and oxygen atoms in total. The van der Waals surface area contributed by atoms with Crippen LogP contribution in [0.2, 0.25) is 0 Å². The zero-order chi connectivity index (χ0) is 21.0. The molecule has 0 saturated heterocycles. The van der Waals surface area contributed by atoms with Gasteiger partial charge in [0, 0.05) is 18.2 Å². The van der Waals surface area contributed by atoms with E-state index in [4.69, 9.17) is 5.73 Å². The number of nitrogens with two attached hydrogens (primary N) is 1. The van der Waals surface area contributed by atoms with Crippen LogP contribution in [0.5, 0.6) is 0 Å². The maximum atomic E-state index is 6.05. The lowest BCUT2D eigenvalue weighted by atomic mass is 9.81. The zero-order valence-electron chi connectivity index (χ0n) is 17.5. The number of nitrogens with zero attached hydrogens (tertiary/aromatic N) is 4. The van der Waals surface area contributed by atoms with Gasteiger partial charge in [-0.15, -0.1) is 5.10 Å². The van der Waals surface area contributed by atoms with Crippen molar-refractivity contribution in [1.29, 1.82) is 0 Å². The first-order chi connectivity index (χ1) is 15.3. The number of fused-ring (bicyclic) bond motifs is 1. The van der Waals surface area contributed by atoms with Crippen LogP contribution in [-0.2, 0) is 0 Å². The first-order valence-electron chi connectivity index (χ1n) is 11.0. The third kappa shape index (κ3) is 4.29. The van der Waals surface area contributed by atoms with Crippen molar-refractivity contribution in [2.24, 2.45) is 0 Å². The molecule has 0 bridgehead atoms. The van der Waals surface area contributed by atoms with Crippen LogP contribution < -0.4 is 11.1 Å². The molecule has 160 valence electrons. The number of H-pyrrole nitrogens is 2. The molecule has 5 rings (SSSR count). The van der Waals surface area contributed by atoms with Crippen molar-refractivity contribution in [3.05, 3.63) is 65.5 Å². The number of anilines is 1. The van der Waals surface area contributed by atoms with Crippen LogP contribution in [0.3, 0.4) is 0 Å². The lowest BCUT2D eigenvalue weighted by Gasteiger charge is -2.30. The van der Waals surface area contributed by atoms with E-state index in [-0.39, 0.29) is 5.92 Å². The molecule has 1 unspecified atom stereocenters. The van der Waals surface area contributed by atoms with Gasteiger partial charge < -0.3 is 11.1 Å². The van der Waals surface area contributed by atoms with Crippen LogP contribution >= 0.6 is 0 Å². The summed E-state index contributed by atoms with van der Waals surface area (Å²) >= 11 is 0. The van der Waals surface area contributed by atoms with Crippen molar-refractivity contribution in [1.82, 2.24) is 35.9 Å². The first-order valence-corrected chi connectivity index (χ1v) is 11.0. The predicted octanol–water partition coefficient (Wildman–Crippen LogP) is 3.50. The Kier molecular flexibility index (Phi) is 5.62. The third-order valence-electron chi connectivity index (χ3n) is 6.47. The summed E-state index contributed by atoms with van der Waals surface area (Å²) in [6.07, 6.45) is 7.65. The molecule has 5 N–H and O–H groups in total. The second-order valence-corrected chi connectivity index (χ2v) is 8.40. The van der Waals surface area contributed by atoms with E-state index in [0.717, 1.165) is 29.7 Å². The highest BCUT2D eigenvalue weighted by Gasteiger charge is 2.24. The Morgan fingerprint density at radius 3 is 2.71 bits per heavy atom. The normalized spacial score (nSPS) is 20.1. The minimum Gasteiger partial charge on any atom is -0.384 e. The second-order valence-electron chi connectivity index (χ2n) is 8.40. The number of nitrogen functional groups attached to an aromatic ring is 1. The van der Waals surface area contributed by atoms with Crippen molar-refractivity contribution in [3.8, 4) is 0 Å². The molecular formula is C23H28N8. The Balaban J connectivity index is 1.24. The maximum absolute atomic E-state index is 6.05. The van der Waals surface area contributed by atoms with Crippen LogP contribution in [0.25, 0.3) is 11.2 Å². The van der Waals surface area contributed by atoms with Crippen molar-refractivity contribution < 1.29 is 0 Å². The number of benzene rings is 1. The minimum absolute atomic E-state index is 0.0670. The Hall–Kier alpha value is -3.26. The molecule has 1 saturated carbocycles. The number of pyridine rings is 1. The Morgan fingerprint density at radius 1 is 1.10 bits per heavy atom. The number of aromatic nitrogens is 6. The average Bonchev–Trinajstić information content (AvgIpc) is 3.50. The highest BCUT2D eigenvalue weighted by molar-refractivity contribution is 5.76. The van der Waals surface area contributed by atoms with E-state index < -0.39 is 0 Å². The standard InChI is InChI=1S/C23H28N8/c24-21-14-19(22-23(27-21)30-31-29-22)18(20-11-13-26-28-20)10-12-25-17-8-6-16(7-9-17)15-4-2-1-3-5-15/h1-5,11,13-14,16-18,25H,6-10,12H2,(H,26,28)(H3,24,27,29,30,31)/t16-,17-,18?. The predicted molar refractivity (Wildman–Crippen MR) is 121 cm³/mol. The quantitative estimate of drug-likeness (QED) is 0.366. The molecule has 4 aromatic rings. The monoisotopic (exact) mass is 416 g/mol. The van der Waals surface area contributed by atoms with Crippen LogP contribution in [0.15, 0.2) is 48.7 Å². The summed E-state index contributed by atoms with van der Waals surface area (Å²) in [7, 11) is 0. The molecule has 1 fully saturated rings. The van der Waals surface area contributed by atoms with E-state index >= 15 is 0 Å². The van der Waals surface area contributed by atoms with Gasteiger partial charge >= 0.3 is 0 Å². The molecule has 0 amide bonds. The number of hydrogen-bond donors (Lipinski definition) is 4. The molecule has 0 spiro atoms. The summed E-state index contributed by atoms with van der Waals surface area (Å²) in [5, 5.41) is 22.2. The average molecular weight is 417 g/mol. The number of rotatable bonds is 7. The lowest BCUT2D eigenvalue weighted by molar-refractivity contribution is 0.340. The fourth-order valence-electron chi connectivity index (χ4n) is 4.87. The molecule has 31 heavy (non-hydrogen) atoms. The van der Waals surface area contributed by atoms with Crippen molar-refractivity contribution in [3.63, 3.8) is 0 Å². The molecule has 1 aromatic carbocycles. The van der Waals surface area contributed by atoms with Gasteiger partial charge in [-0.2, -0.15) is 5.10 Å². The van der Waals surface area contributed by atoms with Crippen LogP contribution in [0.1, 0.15) is 60.8 Å². The van der Waals surface area contributed by atoms with E-state index in [1.165, 1.54) is 31.2 Å². The van der Waals surface area contributed by atoms with Gasteiger partial charge in [0.1, 0.15) is 11.3 Å². The van der Waals surface area contributed by atoms with E-state index in [1.54, 1.807) is 0 Å². The SMILES string of the molecule is Nc1cc(C(CCN[C@H]2CC[C@H](c3ccccc3)CC2)c2cc[nH]n2)c2nn[nH]c2n1. The third-order valence-corrected chi connectivity index (χ3v) is 6.47. The van der Waals surface area contributed by atoms with Gasteiger partial charge in [0.15, 0.2) is 5.65 Å². The highest BCUT2D eigenvalue weighted by Crippen LogP contribution is 2.34. The van der Waals surface area contributed by atoms with E-state index in [0.29, 0.717) is 23.4 Å². The Bertz CT molecular complexity index is 1100. The van der Waals surface area contributed by atoms with Crippen molar-refractivity contribution in [2.45, 2.75) is 50.0 Å². The lowest BCUT2D eigenvalue weighted by Crippen LogP contribution is -2.34. The first kappa shape index (κ1) is 19.7. The van der Waals surface area contributed by atoms with Crippen LogP contribution in [0.4, 0.5) is 5.82 Å². The smallest absolute Gasteiger partial charge is 0.178 e. The molecule has 8 heteroatoms. The molecule has 3 heterocycles. The molecule has 0 aliphatic heterocycles. The van der Waals surface area contributed by atoms with Gasteiger partial charge in [-0.05, 0) is 67.8 Å². The second kappa shape index (κ2) is 8.85. The summed E-state index contributed by atoms with van der Waals surface area (Å²) in [6.45, 7) is 0.903. The fraction of sp³-hybridized carbons (Fsp3) is 0.391.